The molecule has 0 amide bonds. The Bertz CT molecular complexity index is 765. The molecule has 3 aromatic rings. The highest BCUT2D eigenvalue weighted by Gasteiger charge is 2.10. The number of aromatic nitrogens is 1. The molecule has 0 unspecified atom stereocenters. The first-order chi connectivity index (χ1) is 9.13. The maximum Gasteiger partial charge on any atom is 0.252 e. The minimum atomic E-state index is -0.511. The van der Waals surface area contributed by atoms with Gasteiger partial charge in [0.1, 0.15) is 5.52 Å². The number of halogens is 2. The van der Waals surface area contributed by atoms with Gasteiger partial charge in [-0.15, -0.1) is 0 Å². The molecule has 0 aliphatic rings. The van der Waals surface area contributed by atoms with Crippen LogP contribution in [0.15, 0.2) is 51.4 Å². The van der Waals surface area contributed by atoms with E-state index < -0.39 is 5.24 Å². The van der Waals surface area contributed by atoms with Crippen molar-refractivity contribution >= 4 is 43.9 Å². The van der Waals surface area contributed by atoms with Crippen LogP contribution < -0.4 is 0 Å². The Hall–Kier alpha value is -1.65. The van der Waals surface area contributed by atoms with Crippen molar-refractivity contribution in [2.45, 2.75) is 0 Å². The summed E-state index contributed by atoms with van der Waals surface area (Å²) in [6.45, 7) is 0. The Morgan fingerprint density at radius 2 is 1.89 bits per heavy atom. The predicted octanol–water partition coefficient (Wildman–Crippen LogP) is 4.64. The van der Waals surface area contributed by atoms with Gasteiger partial charge in [0, 0.05) is 15.6 Å². The van der Waals surface area contributed by atoms with E-state index >= 15 is 0 Å². The Balaban J connectivity index is 2.11. The largest absolute Gasteiger partial charge is 0.436 e. The second-order valence-electron chi connectivity index (χ2n) is 3.98. The van der Waals surface area contributed by atoms with Crippen molar-refractivity contribution in [2.24, 2.45) is 0 Å². The van der Waals surface area contributed by atoms with Crippen LogP contribution in [0.5, 0.6) is 0 Å². The number of carbonyl (C=O) groups is 1. The summed E-state index contributed by atoms with van der Waals surface area (Å²) in [6, 6.07) is 12.6. The summed E-state index contributed by atoms with van der Waals surface area (Å²) < 4.78 is 6.64. The van der Waals surface area contributed by atoms with Gasteiger partial charge in [-0.25, -0.2) is 4.98 Å². The lowest BCUT2D eigenvalue weighted by molar-refractivity contribution is 0.108. The number of hydrogen-bond donors (Lipinski definition) is 0. The molecule has 0 atom stereocenters. The molecule has 0 radical (unpaired) electrons. The van der Waals surface area contributed by atoms with Crippen LogP contribution in [0.25, 0.3) is 22.6 Å². The van der Waals surface area contributed by atoms with Crippen LogP contribution in [0, 0.1) is 0 Å². The molecule has 0 N–H and O–H groups in total. The van der Waals surface area contributed by atoms with E-state index in [0.717, 1.165) is 10.0 Å². The van der Waals surface area contributed by atoms with E-state index in [1.54, 1.807) is 18.2 Å². The Morgan fingerprint density at radius 1 is 1.16 bits per heavy atom. The predicted molar refractivity (Wildman–Crippen MR) is 77.3 cm³/mol. The minimum Gasteiger partial charge on any atom is -0.436 e. The summed E-state index contributed by atoms with van der Waals surface area (Å²) in [7, 11) is 0. The fraction of sp³-hybridized carbons (Fsp3) is 0. The lowest BCUT2D eigenvalue weighted by Crippen LogP contribution is -1.86. The van der Waals surface area contributed by atoms with Crippen molar-refractivity contribution in [3.8, 4) is 11.5 Å². The maximum absolute atomic E-state index is 11.1. The third kappa shape index (κ3) is 2.41. The lowest BCUT2D eigenvalue weighted by Gasteiger charge is -1.94. The number of benzene rings is 2. The highest BCUT2D eigenvalue weighted by molar-refractivity contribution is 9.10. The van der Waals surface area contributed by atoms with E-state index in [1.165, 1.54) is 0 Å². The normalized spacial score (nSPS) is 10.8. The van der Waals surface area contributed by atoms with E-state index in [1.807, 2.05) is 24.3 Å². The van der Waals surface area contributed by atoms with Crippen molar-refractivity contribution in [2.75, 3.05) is 0 Å². The van der Waals surface area contributed by atoms with E-state index in [-0.39, 0.29) is 0 Å². The Morgan fingerprint density at radius 3 is 2.58 bits per heavy atom. The minimum absolute atomic E-state index is 0.396. The van der Waals surface area contributed by atoms with Gasteiger partial charge in [0.25, 0.3) is 5.24 Å². The number of rotatable bonds is 2. The number of fused-ring (bicyclic) bond motifs is 1. The summed E-state index contributed by atoms with van der Waals surface area (Å²) in [5.41, 5.74) is 2.51. The third-order valence-electron chi connectivity index (χ3n) is 2.71. The summed E-state index contributed by atoms with van der Waals surface area (Å²) >= 11 is 8.81. The molecular weight excluding hydrogens is 330 g/mol. The van der Waals surface area contributed by atoms with E-state index in [2.05, 4.69) is 20.9 Å². The van der Waals surface area contributed by atoms with Crippen molar-refractivity contribution in [1.82, 2.24) is 4.98 Å². The van der Waals surface area contributed by atoms with E-state index in [4.69, 9.17) is 16.0 Å². The molecule has 0 fully saturated rings. The Kier molecular flexibility index (Phi) is 3.12. The smallest absolute Gasteiger partial charge is 0.252 e. The number of hydrogen-bond acceptors (Lipinski definition) is 3. The topological polar surface area (TPSA) is 43.1 Å². The maximum atomic E-state index is 11.1. The standard InChI is InChI=1S/C14H7BrClNO2/c15-10-4-1-8(2-5-10)14-17-11-6-3-9(13(16)18)7-12(11)19-14/h1-7H. The van der Waals surface area contributed by atoms with Crippen LogP contribution in [-0.2, 0) is 0 Å². The number of nitrogens with zero attached hydrogens (tertiary/aromatic N) is 1. The molecule has 2 aromatic carbocycles. The molecule has 0 saturated heterocycles. The molecule has 0 spiro atoms. The molecule has 19 heavy (non-hydrogen) atoms. The Labute approximate surface area is 122 Å². The van der Waals surface area contributed by atoms with Crippen molar-refractivity contribution in [1.29, 1.82) is 0 Å². The molecular formula is C14H7BrClNO2. The fourth-order valence-corrected chi connectivity index (χ4v) is 2.14. The number of carbonyl (C=O) groups excluding carboxylic acids is 1. The molecule has 94 valence electrons. The average Bonchev–Trinajstić information content (AvgIpc) is 2.82. The van der Waals surface area contributed by atoms with E-state index in [0.29, 0.717) is 22.6 Å². The zero-order valence-electron chi connectivity index (χ0n) is 9.56. The van der Waals surface area contributed by atoms with Crippen LogP contribution in [0.4, 0.5) is 0 Å². The molecule has 3 nitrogen and oxygen atoms in total. The van der Waals surface area contributed by atoms with Gasteiger partial charge in [0.2, 0.25) is 5.89 Å². The second kappa shape index (κ2) is 4.79. The van der Waals surface area contributed by atoms with Crippen molar-refractivity contribution < 1.29 is 9.21 Å². The second-order valence-corrected chi connectivity index (χ2v) is 5.24. The molecule has 1 aromatic heterocycles. The summed E-state index contributed by atoms with van der Waals surface area (Å²) in [4.78, 5) is 15.5. The zero-order chi connectivity index (χ0) is 13.4. The van der Waals surface area contributed by atoms with Gasteiger partial charge in [-0.2, -0.15) is 0 Å². The SMILES string of the molecule is O=C(Cl)c1ccc2nc(-c3ccc(Br)cc3)oc2c1. The first kappa shape index (κ1) is 12.4. The summed E-state index contributed by atoms with van der Waals surface area (Å²) in [5.74, 6) is 0.515. The molecule has 0 aliphatic heterocycles. The molecule has 0 aliphatic carbocycles. The molecule has 1 heterocycles. The van der Waals surface area contributed by atoms with Gasteiger partial charge in [-0.1, -0.05) is 15.9 Å². The monoisotopic (exact) mass is 335 g/mol. The van der Waals surface area contributed by atoms with E-state index in [9.17, 15) is 4.79 Å². The van der Waals surface area contributed by atoms with Crippen LogP contribution >= 0.6 is 27.5 Å². The van der Waals surface area contributed by atoms with Gasteiger partial charge in [-0.3, -0.25) is 4.79 Å². The van der Waals surface area contributed by atoms with Crippen LogP contribution in [-0.4, -0.2) is 10.2 Å². The van der Waals surface area contributed by atoms with Gasteiger partial charge < -0.3 is 4.42 Å². The van der Waals surface area contributed by atoms with Gasteiger partial charge in [-0.05, 0) is 54.1 Å². The fourth-order valence-electron chi connectivity index (χ4n) is 1.76. The first-order valence-electron chi connectivity index (χ1n) is 5.50. The quantitative estimate of drug-likeness (QED) is 0.640. The molecule has 3 rings (SSSR count). The van der Waals surface area contributed by atoms with Crippen LogP contribution in [0.2, 0.25) is 0 Å². The highest BCUT2D eigenvalue weighted by atomic mass is 79.9. The number of oxazole rings is 1. The first-order valence-corrected chi connectivity index (χ1v) is 6.67. The van der Waals surface area contributed by atoms with Crippen LogP contribution in [0.3, 0.4) is 0 Å². The van der Waals surface area contributed by atoms with Crippen molar-refractivity contribution in [3.05, 3.63) is 52.5 Å². The lowest BCUT2D eigenvalue weighted by atomic mass is 10.2. The van der Waals surface area contributed by atoms with Crippen molar-refractivity contribution in [3.63, 3.8) is 0 Å². The van der Waals surface area contributed by atoms with Crippen LogP contribution in [0.1, 0.15) is 10.4 Å². The van der Waals surface area contributed by atoms with Gasteiger partial charge in [0.15, 0.2) is 5.58 Å². The summed E-state index contributed by atoms with van der Waals surface area (Å²) in [6.07, 6.45) is 0. The highest BCUT2D eigenvalue weighted by Crippen LogP contribution is 2.26. The molecule has 5 heteroatoms. The summed E-state index contributed by atoms with van der Waals surface area (Å²) in [5, 5.41) is -0.511. The third-order valence-corrected chi connectivity index (χ3v) is 3.45. The zero-order valence-corrected chi connectivity index (χ0v) is 11.9. The van der Waals surface area contributed by atoms with Gasteiger partial charge in [0.05, 0.1) is 0 Å². The van der Waals surface area contributed by atoms with Gasteiger partial charge >= 0.3 is 0 Å². The average molecular weight is 337 g/mol. The molecule has 0 saturated carbocycles. The molecule has 0 bridgehead atoms.